The third-order valence-corrected chi connectivity index (χ3v) is 5.81. The predicted molar refractivity (Wildman–Crippen MR) is 66.5 cm³/mol. The summed E-state index contributed by atoms with van der Waals surface area (Å²) in [5, 5.41) is 8.07. The second-order valence-electron chi connectivity index (χ2n) is 4.57. The molecule has 0 saturated heterocycles. The molecule has 3 unspecified atom stereocenters. The summed E-state index contributed by atoms with van der Waals surface area (Å²) in [7, 11) is -3.54. The number of nitrogens with zero attached hydrogens (tertiary/aromatic N) is 1. The number of hydrogen-bond acceptors (Lipinski definition) is 4. The van der Waals surface area contributed by atoms with E-state index < -0.39 is 32.2 Å². The van der Waals surface area contributed by atoms with E-state index in [2.05, 4.69) is 0 Å². The smallest absolute Gasteiger partial charge is 0.155 e. The van der Waals surface area contributed by atoms with Gasteiger partial charge in [-0.25, -0.2) is 12.8 Å². The van der Waals surface area contributed by atoms with Gasteiger partial charge >= 0.3 is 0 Å². The molecule has 19 heavy (non-hydrogen) atoms. The fourth-order valence-corrected chi connectivity index (χ4v) is 4.44. The van der Waals surface area contributed by atoms with Crippen LogP contribution in [0.3, 0.4) is 0 Å². The van der Waals surface area contributed by atoms with Crippen molar-refractivity contribution in [3.05, 3.63) is 35.6 Å². The van der Waals surface area contributed by atoms with Crippen LogP contribution in [0.1, 0.15) is 18.4 Å². The van der Waals surface area contributed by atoms with Crippen molar-refractivity contribution < 1.29 is 17.6 Å². The number of hydrogen-bond donors (Lipinski definition) is 0. The summed E-state index contributed by atoms with van der Waals surface area (Å²) in [6, 6.07) is 7.16. The fraction of sp³-hybridized carbons (Fsp3) is 0.385. The average molecular weight is 281 g/mol. The van der Waals surface area contributed by atoms with Gasteiger partial charge in [-0.3, -0.25) is 0 Å². The Hall–Kier alpha value is -1.74. The Morgan fingerprint density at radius 2 is 2.21 bits per heavy atom. The quantitative estimate of drug-likeness (QED) is 0.782. The van der Waals surface area contributed by atoms with Gasteiger partial charge in [0.1, 0.15) is 17.5 Å². The highest BCUT2D eigenvalue weighted by molar-refractivity contribution is 7.92. The van der Waals surface area contributed by atoms with Gasteiger partial charge in [-0.15, -0.1) is 0 Å². The number of carbonyl (C=O) groups is 1. The number of nitriles is 1. The molecule has 0 bridgehead atoms. The van der Waals surface area contributed by atoms with E-state index in [9.17, 15) is 17.6 Å². The molecule has 1 aromatic carbocycles. The van der Waals surface area contributed by atoms with E-state index in [0.29, 0.717) is 11.8 Å². The molecular weight excluding hydrogens is 269 g/mol. The van der Waals surface area contributed by atoms with Gasteiger partial charge < -0.3 is 4.79 Å². The maximum absolute atomic E-state index is 13.2. The predicted octanol–water partition coefficient (Wildman–Crippen LogP) is 1.44. The molecule has 0 heterocycles. The van der Waals surface area contributed by atoms with E-state index >= 15 is 0 Å². The lowest BCUT2D eigenvalue weighted by Gasteiger charge is -2.00. The zero-order chi connectivity index (χ0) is 14.3. The summed E-state index contributed by atoms with van der Waals surface area (Å²) in [5.41, 5.74) is -1.21. The second-order valence-corrected chi connectivity index (χ2v) is 6.98. The number of benzene rings is 1. The molecule has 0 spiro atoms. The van der Waals surface area contributed by atoms with Crippen molar-refractivity contribution in [2.45, 2.75) is 18.1 Å². The van der Waals surface area contributed by atoms with Crippen LogP contribution in [0, 0.1) is 22.6 Å². The normalized spacial score (nSPS) is 29.5. The molecule has 100 valence electrons. The zero-order valence-corrected chi connectivity index (χ0v) is 11.0. The Balaban J connectivity index is 2.52. The minimum atomic E-state index is -3.54. The lowest BCUT2D eigenvalue weighted by atomic mass is 10.0. The summed E-state index contributed by atoms with van der Waals surface area (Å²) in [6.07, 6.45) is 0.375. The monoisotopic (exact) mass is 281 g/mol. The van der Waals surface area contributed by atoms with E-state index in [1.165, 1.54) is 31.2 Å². The largest absolute Gasteiger partial charge is 0.302 e. The van der Waals surface area contributed by atoms with Gasteiger partial charge in [0.05, 0.1) is 11.3 Å². The highest BCUT2D eigenvalue weighted by atomic mass is 32.2. The molecule has 1 aliphatic carbocycles. The van der Waals surface area contributed by atoms with E-state index in [0.717, 1.165) is 0 Å². The van der Waals surface area contributed by atoms with Crippen molar-refractivity contribution in [3.8, 4) is 6.07 Å². The standard InChI is InChI=1S/C13H12FNO3S/c1-2-19(17,18)12-11(13(12,7-15)8-16)9-4-3-5-10(14)6-9/h3-6,8,11-12H,2H2,1H3. The molecule has 0 aromatic heterocycles. The van der Waals surface area contributed by atoms with Gasteiger partial charge in [-0.2, -0.15) is 5.26 Å². The molecule has 0 amide bonds. The Kier molecular flexibility index (Phi) is 3.19. The second kappa shape index (κ2) is 4.42. The number of carbonyl (C=O) groups excluding carboxylic acids is 1. The molecule has 0 radical (unpaired) electrons. The van der Waals surface area contributed by atoms with Crippen molar-refractivity contribution in [2.24, 2.45) is 5.41 Å². The van der Waals surface area contributed by atoms with Crippen LogP contribution in [-0.2, 0) is 14.6 Å². The number of aldehydes is 1. The molecule has 6 heteroatoms. The maximum atomic E-state index is 13.2. The molecule has 4 nitrogen and oxygen atoms in total. The maximum Gasteiger partial charge on any atom is 0.155 e. The summed E-state index contributed by atoms with van der Waals surface area (Å²) in [5.74, 6) is -1.45. The molecular formula is C13H12FNO3S. The van der Waals surface area contributed by atoms with Crippen molar-refractivity contribution in [1.82, 2.24) is 0 Å². The molecule has 1 saturated carbocycles. The molecule has 3 atom stereocenters. The van der Waals surface area contributed by atoms with Crippen LogP contribution in [-0.4, -0.2) is 25.7 Å². The van der Waals surface area contributed by atoms with Gasteiger partial charge in [0, 0.05) is 11.7 Å². The lowest BCUT2D eigenvalue weighted by molar-refractivity contribution is -0.110. The number of halogens is 1. The van der Waals surface area contributed by atoms with Gasteiger partial charge in [-0.1, -0.05) is 19.1 Å². The summed E-state index contributed by atoms with van der Waals surface area (Å²) in [6.45, 7) is 1.46. The minimum Gasteiger partial charge on any atom is -0.302 e. The van der Waals surface area contributed by atoms with Crippen LogP contribution in [0.2, 0.25) is 0 Å². The fourth-order valence-electron chi connectivity index (χ4n) is 2.51. The third kappa shape index (κ3) is 1.94. The first-order valence-corrected chi connectivity index (χ1v) is 7.49. The van der Waals surface area contributed by atoms with Gasteiger partial charge in [0.15, 0.2) is 9.84 Å². The van der Waals surface area contributed by atoms with Crippen LogP contribution in [0.4, 0.5) is 4.39 Å². The van der Waals surface area contributed by atoms with Crippen molar-refractivity contribution in [1.29, 1.82) is 5.26 Å². The SMILES string of the molecule is CCS(=O)(=O)C1C(c2cccc(F)c2)C1(C#N)C=O. The first-order valence-electron chi connectivity index (χ1n) is 5.77. The summed E-state index contributed by atoms with van der Waals surface area (Å²) >= 11 is 0. The van der Waals surface area contributed by atoms with Crippen LogP contribution in [0.25, 0.3) is 0 Å². The molecule has 2 rings (SSSR count). The van der Waals surface area contributed by atoms with Crippen LogP contribution in [0.15, 0.2) is 24.3 Å². The van der Waals surface area contributed by atoms with Crippen molar-refractivity contribution in [3.63, 3.8) is 0 Å². The lowest BCUT2D eigenvalue weighted by Crippen LogP contribution is -2.17. The minimum absolute atomic E-state index is 0.152. The van der Waals surface area contributed by atoms with Crippen LogP contribution < -0.4 is 0 Å². The van der Waals surface area contributed by atoms with Gasteiger partial charge in [0.25, 0.3) is 0 Å². The van der Waals surface area contributed by atoms with Crippen LogP contribution in [0.5, 0.6) is 0 Å². The van der Waals surface area contributed by atoms with Crippen molar-refractivity contribution in [2.75, 3.05) is 5.75 Å². The first-order chi connectivity index (χ1) is 8.93. The first kappa shape index (κ1) is 13.7. The Labute approximate surface area is 110 Å². The zero-order valence-electron chi connectivity index (χ0n) is 10.2. The summed E-state index contributed by atoms with van der Waals surface area (Å²) < 4.78 is 37.1. The third-order valence-electron chi connectivity index (χ3n) is 3.56. The molecule has 0 aliphatic heterocycles. The Bertz CT molecular complexity index is 665. The molecule has 1 aromatic rings. The topological polar surface area (TPSA) is 75.0 Å². The van der Waals surface area contributed by atoms with Gasteiger partial charge in [0.2, 0.25) is 0 Å². The number of rotatable bonds is 4. The highest BCUT2D eigenvalue weighted by Gasteiger charge is 2.72. The van der Waals surface area contributed by atoms with Crippen LogP contribution >= 0.6 is 0 Å². The number of sulfone groups is 1. The van der Waals surface area contributed by atoms with E-state index in [-0.39, 0.29) is 5.75 Å². The van der Waals surface area contributed by atoms with Crippen molar-refractivity contribution >= 4 is 16.1 Å². The molecule has 1 fully saturated rings. The Morgan fingerprint density at radius 1 is 1.53 bits per heavy atom. The molecule has 1 aliphatic rings. The Morgan fingerprint density at radius 3 is 2.68 bits per heavy atom. The van der Waals surface area contributed by atoms with E-state index in [4.69, 9.17) is 5.26 Å². The highest BCUT2D eigenvalue weighted by Crippen LogP contribution is 2.61. The molecule has 0 N–H and O–H groups in total. The van der Waals surface area contributed by atoms with E-state index in [1.807, 2.05) is 0 Å². The average Bonchev–Trinajstić information content (AvgIpc) is 3.09. The van der Waals surface area contributed by atoms with E-state index in [1.54, 1.807) is 6.07 Å². The summed E-state index contributed by atoms with van der Waals surface area (Å²) in [4.78, 5) is 11.2. The van der Waals surface area contributed by atoms with Gasteiger partial charge in [-0.05, 0) is 17.7 Å².